The number of nitro groups is 1. The van der Waals surface area contributed by atoms with E-state index >= 15 is 0 Å². The summed E-state index contributed by atoms with van der Waals surface area (Å²) in [5, 5.41) is 13.9. The second kappa shape index (κ2) is 5.63. The van der Waals surface area contributed by atoms with Crippen molar-refractivity contribution < 1.29 is 4.92 Å². The monoisotopic (exact) mass is 251 g/mol. The van der Waals surface area contributed by atoms with E-state index in [1.807, 2.05) is 0 Å². The van der Waals surface area contributed by atoms with Gasteiger partial charge in [0.2, 0.25) is 5.82 Å². The Bertz CT molecular complexity index is 433. The van der Waals surface area contributed by atoms with Crippen molar-refractivity contribution in [3.8, 4) is 0 Å². The van der Waals surface area contributed by atoms with Crippen molar-refractivity contribution in [2.45, 2.75) is 25.7 Å². The number of pyridine rings is 1. The molecule has 0 spiro atoms. The molecule has 1 aliphatic carbocycles. The fraction of sp³-hybridized carbons (Fsp3) is 0.545. The number of nitrogens with zero attached hydrogens (tertiary/aromatic N) is 2. The normalized spacial score (nSPS) is 14.9. The van der Waals surface area contributed by atoms with Gasteiger partial charge in [0.05, 0.1) is 4.92 Å². The van der Waals surface area contributed by atoms with Crippen molar-refractivity contribution >= 4 is 17.3 Å². The Morgan fingerprint density at radius 3 is 2.83 bits per heavy atom. The van der Waals surface area contributed by atoms with Gasteiger partial charge in [0.25, 0.3) is 0 Å². The number of nitrogens with two attached hydrogens (primary N) is 1. The van der Waals surface area contributed by atoms with E-state index in [4.69, 9.17) is 5.84 Å². The van der Waals surface area contributed by atoms with Gasteiger partial charge < -0.3 is 10.7 Å². The summed E-state index contributed by atoms with van der Waals surface area (Å²) in [4.78, 5) is 14.5. The van der Waals surface area contributed by atoms with Gasteiger partial charge in [-0.15, -0.1) is 0 Å². The number of nitrogens with one attached hydrogen (secondary N) is 2. The third kappa shape index (κ3) is 2.86. The maximum Gasteiger partial charge on any atom is 0.311 e. The molecule has 0 bridgehead atoms. The maximum absolute atomic E-state index is 10.9. The van der Waals surface area contributed by atoms with Crippen molar-refractivity contribution in [1.82, 2.24) is 4.98 Å². The Kier molecular flexibility index (Phi) is 3.93. The zero-order chi connectivity index (χ0) is 13.0. The van der Waals surface area contributed by atoms with E-state index in [2.05, 4.69) is 15.7 Å². The minimum Gasteiger partial charge on any atom is -0.364 e. The van der Waals surface area contributed by atoms with E-state index in [1.54, 1.807) is 0 Å². The Morgan fingerprint density at radius 2 is 2.28 bits per heavy atom. The fourth-order valence-electron chi connectivity index (χ4n) is 1.99. The van der Waals surface area contributed by atoms with E-state index in [0.717, 1.165) is 12.3 Å². The summed E-state index contributed by atoms with van der Waals surface area (Å²) in [7, 11) is 0. The van der Waals surface area contributed by atoms with Crippen LogP contribution >= 0.6 is 0 Å². The first-order chi connectivity index (χ1) is 8.70. The summed E-state index contributed by atoms with van der Waals surface area (Å²) in [5.41, 5.74) is 2.36. The van der Waals surface area contributed by atoms with Gasteiger partial charge in [-0.25, -0.2) is 10.8 Å². The average molecular weight is 251 g/mol. The lowest BCUT2D eigenvalue weighted by molar-refractivity contribution is -0.384. The molecule has 4 N–H and O–H groups in total. The Balaban J connectivity index is 2.00. The Morgan fingerprint density at radius 1 is 1.50 bits per heavy atom. The van der Waals surface area contributed by atoms with Crippen LogP contribution in [0.15, 0.2) is 12.1 Å². The fourth-order valence-corrected chi connectivity index (χ4v) is 1.99. The zero-order valence-electron chi connectivity index (χ0n) is 10.1. The molecule has 18 heavy (non-hydrogen) atoms. The minimum absolute atomic E-state index is 0.0254. The highest BCUT2D eigenvalue weighted by Crippen LogP contribution is 2.30. The molecule has 1 heterocycles. The van der Waals surface area contributed by atoms with Crippen LogP contribution in [0.4, 0.5) is 17.3 Å². The number of hydrogen-bond acceptors (Lipinski definition) is 6. The van der Waals surface area contributed by atoms with E-state index in [0.29, 0.717) is 12.4 Å². The molecular weight excluding hydrogens is 234 g/mol. The Labute approximate surface area is 105 Å². The molecule has 1 saturated carbocycles. The van der Waals surface area contributed by atoms with E-state index in [9.17, 15) is 10.1 Å². The maximum atomic E-state index is 10.9. The van der Waals surface area contributed by atoms with Gasteiger partial charge in [-0.3, -0.25) is 10.1 Å². The van der Waals surface area contributed by atoms with Gasteiger partial charge in [-0.2, -0.15) is 0 Å². The summed E-state index contributed by atoms with van der Waals surface area (Å²) in [6, 6.07) is 2.88. The number of hydrogen-bond donors (Lipinski definition) is 3. The third-order valence-corrected chi connectivity index (χ3v) is 3.29. The average Bonchev–Trinajstić information content (AvgIpc) is 2.31. The van der Waals surface area contributed by atoms with Crippen LogP contribution in [-0.2, 0) is 0 Å². The molecule has 0 aliphatic heterocycles. The van der Waals surface area contributed by atoms with Gasteiger partial charge in [-0.1, -0.05) is 19.3 Å². The highest BCUT2D eigenvalue weighted by Gasteiger charge is 2.19. The largest absolute Gasteiger partial charge is 0.364 e. The zero-order valence-corrected chi connectivity index (χ0v) is 10.1. The van der Waals surface area contributed by atoms with Crippen molar-refractivity contribution in [3.05, 3.63) is 22.2 Å². The summed E-state index contributed by atoms with van der Waals surface area (Å²) >= 11 is 0. The lowest BCUT2D eigenvalue weighted by Crippen LogP contribution is -2.17. The topological polar surface area (TPSA) is 106 Å². The van der Waals surface area contributed by atoms with Gasteiger partial charge in [-0.05, 0) is 18.4 Å². The SMILES string of the molecule is NNc1ccc([N+](=O)[O-])c(NCCC2CCC2)n1. The molecule has 1 aromatic rings. The number of nitrogen functional groups attached to an aromatic ring is 1. The summed E-state index contributed by atoms with van der Waals surface area (Å²) in [5.74, 6) is 6.68. The van der Waals surface area contributed by atoms with Gasteiger partial charge in [0.1, 0.15) is 5.82 Å². The number of anilines is 2. The molecule has 7 heteroatoms. The van der Waals surface area contributed by atoms with Crippen LogP contribution in [0.3, 0.4) is 0 Å². The van der Waals surface area contributed by atoms with E-state index < -0.39 is 4.92 Å². The van der Waals surface area contributed by atoms with Crippen LogP contribution in [-0.4, -0.2) is 16.5 Å². The number of hydrazine groups is 1. The first kappa shape index (κ1) is 12.6. The predicted octanol–water partition coefficient (Wildman–Crippen LogP) is 1.88. The van der Waals surface area contributed by atoms with Crippen LogP contribution in [0, 0.1) is 16.0 Å². The second-order valence-corrected chi connectivity index (χ2v) is 4.48. The highest BCUT2D eigenvalue weighted by atomic mass is 16.6. The molecule has 0 radical (unpaired) electrons. The predicted molar refractivity (Wildman–Crippen MR) is 69.1 cm³/mol. The first-order valence-corrected chi connectivity index (χ1v) is 6.06. The van der Waals surface area contributed by atoms with Gasteiger partial charge in [0.15, 0.2) is 0 Å². The number of rotatable bonds is 6. The summed E-state index contributed by atoms with van der Waals surface area (Å²) in [6.45, 7) is 0.701. The number of aromatic nitrogens is 1. The molecule has 7 nitrogen and oxygen atoms in total. The van der Waals surface area contributed by atoms with Gasteiger partial charge >= 0.3 is 5.69 Å². The standard InChI is InChI=1S/C11H17N5O2/c12-15-10-5-4-9(16(17)18)11(14-10)13-7-6-8-2-1-3-8/h4-5,8H,1-3,6-7,12H2,(H2,13,14,15). The molecule has 0 amide bonds. The van der Waals surface area contributed by atoms with E-state index in [-0.39, 0.29) is 11.5 Å². The molecular formula is C11H17N5O2. The molecule has 0 atom stereocenters. The molecule has 0 saturated heterocycles. The minimum atomic E-state index is -0.445. The third-order valence-electron chi connectivity index (χ3n) is 3.29. The van der Waals surface area contributed by atoms with Crippen molar-refractivity contribution in [2.75, 3.05) is 17.3 Å². The quantitative estimate of drug-likeness (QED) is 0.405. The summed E-state index contributed by atoms with van der Waals surface area (Å²) < 4.78 is 0. The second-order valence-electron chi connectivity index (χ2n) is 4.48. The van der Waals surface area contributed by atoms with Gasteiger partial charge in [0, 0.05) is 12.6 Å². The van der Waals surface area contributed by atoms with Crippen LogP contribution in [0.25, 0.3) is 0 Å². The molecule has 0 aromatic carbocycles. The smallest absolute Gasteiger partial charge is 0.311 e. The van der Waals surface area contributed by atoms with Crippen molar-refractivity contribution in [1.29, 1.82) is 0 Å². The molecule has 2 rings (SSSR count). The van der Waals surface area contributed by atoms with Crippen molar-refractivity contribution in [2.24, 2.45) is 11.8 Å². The summed E-state index contributed by atoms with van der Waals surface area (Å²) in [6.07, 6.45) is 4.86. The lowest BCUT2D eigenvalue weighted by Gasteiger charge is -2.25. The van der Waals surface area contributed by atoms with Crippen LogP contribution in [0.1, 0.15) is 25.7 Å². The van der Waals surface area contributed by atoms with Crippen molar-refractivity contribution in [3.63, 3.8) is 0 Å². The highest BCUT2D eigenvalue weighted by molar-refractivity contribution is 5.59. The van der Waals surface area contributed by atoms with Crippen LogP contribution in [0.5, 0.6) is 0 Å². The molecule has 98 valence electrons. The first-order valence-electron chi connectivity index (χ1n) is 6.06. The van der Waals surface area contributed by atoms with Crippen LogP contribution < -0.4 is 16.6 Å². The van der Waals surface area contributed by atoms with E-state index in [1.165, 1.54) is 31.4 Å². The molecule has 1 aromatic heterocycles. The lowest BCUT2D eigenvalue weighted by atomic mass is 9.83. The molecule has 1 aliphatic rings. The Hall–Kier alpha value is -1.89. The van der Waals surface area contributed by atoms with Crippen LogP contribution in [0.2, 0.25) is 0 Å². The molecule has 0 unspecified atom stereocenters. The molecule has 1 fully saturated rings.